The lowest BCUT2D eigenvalue weighted by atomic mass is 9.90. The first-order chi connectivity index (χ1) is 10.8. The summed E-state index contributed by atoms with van der Waals surface area (Å²) in [6, 6.07) is 0. The number of rotatable bonds is 2. The Morgan fingerprint density at radius 2 is 2.18 bits per heavy atom. The van der Waals surface area contributed by atoms with E-state index in [4.69, 9.17) is 0 Å². The van der Waals surface area contributed by atoms with Crippen molar-refractivity contribution >= 4 is 17.2 Å². The summed E-state index contributed by atoms with van der Waals surface area (Å²) >= 11 is 1.66. The van der Waals surface area contributed by atoms with Gasteiger partial charge in [-0.25, -0.2) is 4.98 Å². The van der Waals surface area contributed by atoms with E-state index in [1.807, 2.05) is 16.5 Å². The van der Waals surface area contributed by atoms with Crippen LogP contribution in [0.5, 0.6) is 0 Å². The van der Waals surface area contributed by atoms with Gasteiger partial charge in [-0.2, -0.15) is 5.10 Å². The molecule has 3 heterocycles. The van der Waals surface area contributed by atoms with E-state index < -0.39 is 0 Å². The normalized spacial score (nSPS) is 19.2. The Labute approximate surface area is 133 Å². The van der Waals surface area contributed by atoms with E-state index in [0.717, 1.165) is 29.2 Å². The van der Waals surface area contributed by atoms with Crippen molar-refractivity contribution in [1.29, 1.82) is 0 Å². The predicted octanol–water partition coefficient (Wildman–Crippen LogP) is 3.11. The van der Waals surface area contributed by atoms with Gasteiger partial charge in [-0.15, -0.1) is 11.3 Å². The van der Waals surface area contributed by atoms with Gasteiger partial charge >= 0.3 is 0 Å². The van der Waals surface area contributed by atoms with Crippen molar-refractivity contribution < 1.29 is 4.79 Å². The van der Waals surface area contributed by atoms with Crippen molar-refractivity contribution in [1.82, 2.24) is 20.1 Å². The van der Waals surface area contributed by atoms with Crippen LogP contribution in [0.15, 0.2) is 11.6 Å². The van der Waals surface area contributed by atoms with E-state index in [2.05, 4.69) is 15.2 Å². The quantitative estimate of drug-likeness (QED) is 0.926. The molecule has 1 fully saturated rings. The zero-order chi connectivity index (χ0) is 14.9. The molecule has 1 aliphatic heterocycles. The maximum atomic E-state index is 12.7. The van der Waals surface area contributed by atoms with Crippen LogP contribution in [0.3, 0.4) is 0 Å². The third-order valence-corrected chi connectivity index (χ3v) is 5.79. The van der Waals surface area contributed by atoms with Crippen molar-refractivity contribution in [3.05, 3.63) is 33.5 Å². The van der Waals surface area contributed by atoms with Crippen molar-refractivity contribution in [3.8, 4) is 0 Å². The molecule has 2 aliphatic rings. The Bertz CT molecular complexity index is 671. The lowest BCUT2D eigenvalue weighted by Crippen LogP contribution is -2.35. The zero-order valence-electron chi connectivity index (χ0n) is 12.5. The van der Waals surface area contributed by atoms with Crippen LogP contribution in [-0.4, -0.2) is 32.5 Å². The van der Waals surface area contributed by atoms with Crippen LogP contribution >= 0.6 is 11.3 Å². The largest absolute Gasteiger partial charge is 0.332 e. The molecule has 1 amide bonds. The number of fused-ring (bicyclic) bond motifs is 1. The third kappa shape index (κ3) is 2.56. The molecule has 116 valence electrons. The van der Waals surface area contributed by atoms with E-state index in [1.54, 1.807) is 11.3 Å². The average Bonchev–Trinajstić information content (AvgIpc) is 3.23. The molecule has 0 atom stereocenters. The number of aromatic nitrogens is 3. The van der Waals surface area contributed by atoms with Crippen LogP contribution in [0.25, 0.3) is 0 Å². The summed E-state index contributed by atoms with van der Waals surface area (Å²) in [6.45, 7) is 1.38. The second-order valence-corrected chi connectivity index (χ2v) is 7.15. The molecule has 0 bridgehead atoms. The van der Waals surface area contributed by atoms with Crippen LogP contribution in [0.4, 0.5) is 0 Å². The number of nitrogens with one attached hydrogen (secondary N) is 1. The molecule has 1 aliphatic carbocycles. The standard InChI is InChI=1S/C16H20N4OS/c21-16(20-7-6-13-12(9-20)8-17-19-13)14-10-22-15(18-14)11-4-2-1-3-5-11/h8,10-11H,1-7,9H2,(H,17,19). The minimum absolute atomic E-state index is 0.0603. The second-order valence-electron chi connectivity index (χ2n) is 6.26. The summed E-state index contributed by atoms with van der Waals surface area (Å²) in [5.41, 5.74) is 2.91. The fourth-order valence-corrected chi connectivity index (χ4v) is 4.45. The van der Waals surface area contributed by atoms with E-state index in [1.165, 1.54) is 32.1 Å². The summed E-state index contributed by atoms with van der Waals surface area (Å²) in [7, 11) is 0. The van der Waals surface area contributed by atoms with E-state index >= 15 is 0 Å². The highest BCUT2D eigenvalue weighted by Crippen LogP contribution is 2.34. The van der Waals surface area contributed by atoms with Gasteiger partial charge in [0.25, 0.3) is 5.91 Å². The lowest BCUT2D eigenvalue weighted by Gasteiger charge is -2.25. The predicted molar refractivity (Wildman–Crippen MR) is 85.0 cm³/mol. The monoisotopic (exact) mass is 316 g/mol. The first-order valence-corrected chi connectivity index (χ1v) is 8.95. The summed E-state index contributed by atoms with van der Waals surface area (Å²) in [5.74, 6) is 0.632. The Morgan fingerprint density at radius 3 is 3.05 bits per heavy atom. The molecule has 1 saturated carbocycles. The highest BCUT2D eigenvalue weighted by Gasteiger charge is 2.26. The number of carbonyl (C=O) groups is 1. The van der Waals surface area contributed by atoms with Gasteiger partial charge in [0.05, 0.1) is 11.2 Å². The smallest absolute Gasteiger partial charge is 0.273 e. The first kappa shape index (κ1) is 13.9. The Hall–Kier alpha value is -1.69. The molecule has 0 aromatic carbocycles. The molecule has 0 unspecified atom stereocenters. The van der Waals surface area contributed by atoms with Gasteiger partial charge in [-0.3, -0.25) is 9.89 Å². The van der Waals surface area contributed by atoms with Crippen molar-refractivity contribution in [2.45, 2.75) is 51.0 Å². The molecule has 0 radical (unpaired) electrons. The molecule has 5 nitrogen and oxygen atoms in total. The SMILES string of the molecule is O=C(c1csc(C2CCCCC2)n1)N1CCc2[nH]ncc2C1. The minimum Gasteiger partial charge on any atom is -0.332 e. The van der Waals surface area contributed by atoms with Gasteiger partial charge in [0.1, 0.15) is 5.69 Å². The molecule has 22 heavy (non-hydrogen) atoms. The van der Waals surface area contributed by atoms with Crippen molar-refractivity contribution in [3.63, 3.8) is 0 Å². The molecule has 2 aromatic rings. The van der Waals surface area contributed by atoms with Crippen LogP contribution in [-0.2, 0) is 13.0 Å². The molecule has 1 N–H and O–H groups in total. The third-order valence-electron chi connectivity index (χ3n) is 4.78. The average molecular weight is 316 g/mol. The zero-order valence-corrected chi connectivity index (χ0v) is 13.4. The fraction of sp³-hybridized carbons (Fsp3) is 0.562. The van der Waals surface area contributed by atoms with Crippen LogP contribution in [0, 0.1) is 0 Å². The first-order valence-electron chi connectivity index (χ1n) is 8.07. The molecule has 4 rings (SSSR count). The van der Waals surface area contributed by atoms with Crippen LogP contribution in [0.2, 0.25) is 0 Å². The number of carbonyl (C=O) groups excluding carboxylic acids is 1. The number of amides is 1. The summed E-state index contributed by atoms with van der Waals surface area (Å²) in [4.78, 5) is 19.2. The fourth-order valence-electron chi connectivity index (χ4n) is 3.48. The molecule has 6 heteroatoms. The van der Waals surface area contributed by atoms with Gasteiger partial charge in [0, 0.05) is 42.1 Å². The number of H-pyrrole nitrogens is 1. The van der Waals surface area contributed by atoms with Gasteiger partial charge < -0.3 is 4.90 Å². The number of hydrogen-bond donors (Lipinski definition) is 1. The number of aromatic amines is 1. The summed E-state index contributed by atoms with van der Waals surface area (Å²) in [5, 5.41) is 10.2. The molecule has 2 aromatic heterocycles. The topological polar surface area (TPSA) is 61.9 Å². The summed E-state index contributed by atoms with van der Waals surface area (Å²) in [6.07, 6.45) is 9.05. The molecular formula is C16H20N4OS. The lowest BCUT2D eigenvalue weighted by molar-refractivity contribution is 0.0729. The van der Waals surface area contributed by atoms with Crippen molar-refractivity contribution in [2.24, 2.45) is 0 Å². The molecular weight excluding hydrogens is 296 g/mol. The van der Waals surface area contributed by atoms with Gasteiger partial charge in [0.2, 0.25) is 0 Å². The Morgan fingerprint density at radius 1 is 1.32 bits per heavy atom. The maximum Gasteiger partial charge on any atom is 0.273 e. The number of thiazole rings is 1. The van der Waals surface area contributed by atoms with E-state index in [9.17, 15) is 4.79 Å². The van der Waals surface area contributed by atoms with Gasteiger partial charge in [0.15, 0.2) is 0 Å². The Balaban J connectivity index is 1.48. The highest BCUT2D eigenvalue weighted by atomic mass is 32.1. The molecule has 0 saturated heterocycles. The second kappa shape index (κ2) is 5.83. The number of hydrogen-bond acceptors (Lipinski definition) is 4. The van der Waals surface area contributed by atoms with Gasteiger partial charge in [-0.05, 0) is 12.8 Å². The van der Waals surface area contributed by atoms with E-state index in [-0.39, 0.29) is 5.91 Å². The summed E-state index contributed by atoms with van der Waals surface area (Å²) < 4.78 is 0. The Kier molecular flexibility index (Phi) is 3.70. The number of nitrogens with zero attached hydrogens (tertiary/aromatic N) is 3. The van der Waals surface area contributed by atoms with E-state index in [0.29, 0.717) is 18.2 Å². The highest BCUT2D eigenvalue weighted by molar-refractivity contribution is 7.09. The molecule has 0 spiro atoms. The minimum atomic E-state index is 0.0603. The van der Waals surface area contributed by atoms with Crippen molar-refractivity contribution in [2.75, 3.05) is 6.54 Å². The maximum absolute atomic E-state index is 12.7. The van der Waals surface area contributed by atoms with Crippen LogP contribution in [0.1, 0.15) is 64.8 Å². The van der Waals surface area contributed by atoms with Gasteiger partial charge in [-0.1, -0.05) is 19.3 Å². The van der Waals surface area contributed by atoms with Crippen LogP contribution < -0.4 is 0 Å².